The zero-order valence-electron chi connectivity index (χ0n) is 13.9. The van der Waals surface area contributed by atoms with E-state index in [2.05, 4.69) is 10.0 Å². The van der Waals surface area contributed by atoms with E-state index < -0.39 is 10.0 Å². The number of hydrogen-bond acceptors (Lipinski definition) is 4. The number of amides is 1. The molecule has 2 aliphatic carbocycles. The number of fused-ring (bicyclic) bond motifs is 2. The zero-order valence-corrected chi connectivity index (χ0v) is 14.7. The fourth-order valence-corrected chi connectivity index (χ4v) is 5.12. The second-order valence-electron chi connectivity index (χ2n) is 6.85. The Bertz CT molecular complexity index is 700. The second-order valence-corrected chi connectivity index (χ2v) is 8.61. The van der Waals surface area contributed by atoms with Crippen molar-refractivity contribution in [1.29, 1.82) is 0 Å². The van der Waals surface area contributed by atoms with Crippen molar-refractivity contribution in [3.8, 4) is 0 Å². The van der Waals surface area contributed by atoms with E-state index in [1.807, 2.05) is 6.92 Å². The Labute approximate surface area is 143 Å². The number of nitrogens with two attached hydrogens (primary N) is 1. The van der Waals surface area contributed by atoms with Crippen LogP contribution in [0.25, 0.3) is 0 Å². The molecule has 0 aromatic heterocycles. The van der Waals surface area contributed by atoms with Crippen LogP contribution in [-0.2, 0) is 14.8 Å². The van der Waals surface area contributed by atoms with Gasteiger partial charge in [0.1, 0.15) is 0 Å². The number of benzene rings is 1. The summed E-state index contributed by atoms with van der Waals surface area (Å²) in [6.07, 6.45) is 4.00. The molecule has 3 rings (SSSR count). The third-order valence-corrected chi connectivity index (χ3v) is 6.73. The van der Waals surface area contributed by atoms with Gasteiger partial charge in [0, 0.05) is 18.3 Å². The van der Waals surface area contributed by atoms with Crippen LogP contribution in [0.15, 0.2) is 29.2 Å². The van der Waals surface area contributed by atoms with Crippen molar-refractivity contribution in [3.63, 3.8) is 0 Å². The van der Waals surface area contributed by atoms with E-state index in [-0.39, 0.29) is 22.8 Å². The smallest absolute Gasteiger partial charge is 0.240 e. The summed E-state index contributed by atoms with van der Waals surface area (Å²) >= 11 is 0. The fraction of sp³-hybridized carbons (Fsp3) is 0.588. The molecule has 0 spiro atoms. The number of nitrogens with one attached hydrogen (secondary N) is 2. The topological polar surface area (TPSA) is 101 Å². The van der Waals surface area contributed by atoms with Gasteiger partial charge in [0.15, 0.2) is 0 Å². The molecule has 7 heteroatoms. The van der Waals surface area contributed by atoms with E-state index in [1.54, 1.807) is 12.1 Å². The minimum absolute atomic E-state index is 0.0468. The van der Waals surface area contributed by atoms with Crippen LogP contribution in [0.1, 0.15) is 32.6 Å². The summed E-state index contributed by atoms with van der Waals surface area (Å²) in [7, 11) is -3.48. The van der Waals surface area contributed by atoms with E-state index >= 15 is 0 Å². The molecule has 4 atom stereocenters. The molecule has 132 valence electrons. The molecule has 2 saturated carbocycles. The van der Waals surface area contributed by atoms with Crippen LogP contribution in [0.5, 0.6) is 0 Å². The van der Waals surface area contributed by atoms with Gasteiger partial charge in [0.2, 0.25) is 15.9 Å². The first-order valence-electron chi connectivity index (χ1n) is 8.58. The van der Waals surface area contributed by atoms with Gasteiger partial charge in [-0.15, -0.1) is 0 Å². The van der Waals surface area contributed by atoms with Gasteiger partial charge in [-0.25, -0.2) is 13.1 Å². The van der Waals surface area contributed by atoms with Crippen molar-refractivity contribution < 1.29 is 13.2 Å². The number of anilines is 1. The molecule has 1 amide bonds. The first kappa shape index (κ1) is 17.4. The number of carbonyl (C=O) groups excluding carboxylic acids is 1. The minimum atomic E-state index is -3.48. The SMILES string of the molecule is CCCNS(=O)(=O)c1ccc(NC(=O)C2C3CCC(C3)C2N)cc1. The lowest BCUT2D eigenvalue weighted by molar-refractivity contribution is -0.121. The van der Waals surface area contributed by atoms with Crippen LogP contribution in [0.3, 0.4) is 0 Å². The van der Waals surface area contributed by atoms with Gasteiger partial charge in [-0.1, -0.05) is 6.92 Å². The molecule has 24 heavy (non-hydrogen) atoms. The third-order valence-electron chi connectivity index (χ3n) is 5.26. The summed E-state index contributed by atoms with van der Waals surface area (Å²) in [4.78, 5) is 12.7. The van der Waals surface area contributed by atoms with Crippen molar-refractivity contribution in [2.75, 3.05) is 11.9 Å². The van der Waals surface area contributed by atoms with E-state index in [0.717, 1.165) is 25.7 Å². The molecule has 0 aliphatic heterocycles. The molecule has 4 N–H and O–H groups in total. The number of sulfonamides is 1. The third kappa shape index (κ3) is 3.34. The standard InChI is InChI=1S/C17H25N3O3S/c1-2-9-19-24(22,23)14-7-5-13(6-8-14)20-17(21)15-11-3-4-12(10-11)16(15)18/h5-8,11-12,15-16,19H,2-4,9-10,18H2,1H3,(H,20,21). The molecule has 0 radical (unpaired) electrons. The van der Waals surface area contributed by atoms with Crippen molar-refractivity contribution in [1.82, 2.24) is 4.72 Å². The molecule has 4 unspecified atom stereocenters. The molecule has 0 saturated heterocycles. The molecule has 1 aromatic carbocycles. The van der Waals surface area contributed by atoms with Crippen LogP contribution in [-0.4, -0.2) is 26.9 Å². The van der Waals surface area contributed by atoms with Gasteiger partial charge in [0.05, 0.1) is 10.8 Å². The number of carbonyl (C=O) groups is 1. The molecule has 0 heterocycles. The molecular weight excluding hydrogens is 326 g/mol. The van der Waals surface area contributed by atoms with Gasteiger partial charge in [-0.3, -0.25) is 4.79 Å². The maximum atomic E-state index is 12.5. The van der Waals surface area contributed by atoms with Gasteiger partial charge in [-0.2, -0.15) is 0 Å². The van der Waals surface area contributed by atoms with Crippen molar-refractivity contribution in [2.45, 2.75) is 43.5 Å². The monoisotopic (exact) mass is 351 g/mol. The van der Waals surface area contributed by atoms with Crippen LogP contribution >= 0.6 is 0 Å². The summed E-state index contributed by atoms with van der Waals surface area (Å²) in [5.41, 5.74) is 6.80. The molecular formula is C17H25N3O3S. The molecule has 6 nitrogen and oxygen atoms in total. The summed E-state index contributed by atoms with van der Waals surface area (Å²) in [6.45, 7) is 2.31. The lowest BCUT2D eigenvalue weighted by Gasteiger charge is -2.27. The van der Waals surface area contributed by atoms with Gasteiger partial charge >= 0.3 is 0 Å². The fourth-order valence-electron chi connectivity index (χ4n) is 3.99. The zero-order chi connectivity index (χ0) is 17.3. The Morgan fingerprint density at radius 3 is 2.46 bits per heavy atom. The summed E-state index contributed by atoms with van der Waals surface area (Å²) < 4.78 is 26.6. The lowest BCUT2D eigenvalue weighted by Crippen LogP contribution is -2.42. The predicted octanol–water partition coefficient (Wildman–Crippen LogP) is 1.69. The normalized spacial score (nSPS) is 28.9. The van der Waals surface area contributed by atoms with Crippen LogP contribution in [0.4, 0.5) is 5.69 Å². The van der Waals surface area contributed by atoms with Crippen LogP contribution in [0.2, 0.25) is 0 Å². The van der Waals surface area contributed by atoms with Gasteiger partial charge in [0.25, 0.3) is 0 Å². The lowest BCUT2D eigenvalue weighted by atomic mass is 9.84. The highest BCUT2D eigenvalue weighted by atomic mass is 32.2. The van der Waals surface area contributed by atoms with E-state index in [1.165, 1.54) is 12.1 Å². The van der Waals surface area contributed by atoms with Crippen molar-refractivity contribution >= 4 is 21.6 Å². The first-order chi connectivity index (χ1) is 11.4. The average molecular weight is 351 g/mol. The maximum absolute atomic E-state index is 12.5. The van der Waals surface area contributed by atoms with E-state index in [0.29, 0.717) is 24.1 Å². The Hall–Kier alpha value is -1.44. The molecule has 2 bridgehead atoms. The maximum Gasteiger partial charge on any atom is 0.240 e. The Balaban J connectivity index is 1.65. The average Bonchev–Trinajstić information content (AvgIpc) is 3.14. The summed E-state index contributed by atoms with van der Waals surface area (Å²) in [5, 5.41) is 2.89. The number of hydrogen-bond donors (Lipinski definition) is 3. The summed E-state index contributed by atoms with van der Waals surface area (Å²) in [5.74, 6) is 0.693. The van der Waals surface area contributed by atoms with Gasteiger partial charge < -0.3 is 11.1 Å². The Morgan fingerprint density at radius 1 is 1.21 bits per heavy atom. The molecule has 1 aromatic rings. The summed E-state index contributed by atoms with van der Waals surface area (Å²) in [6, 6.07) is 6.21. The number of rotatable bonds is 6. The predicted molar refractivity (Wildman–Crippen MR) is 92.8 cm³/mol. The first-order valence-corrected chi connectivity index (χ1v) is 10.1. The second kappa shape index (κ2) is 6.82. The largest absolute Gasteiger partial charge is 0.327 e. The Kier molecular flexibility index (Phi) is 4.94. The highest BCUT2D eigenvalue weighted by Gasteiger charge is 2.49. The highest BCUT2D eigenvalue weighted by Crippen LogP contribution is 2.47. The van der Waals surface area contributed by atoms with Crippen molar-refractivity contribution in [2.24, 2.45) is 23.5 Å². The van der Waals surface area contributed by atoms with E-state index in [9.17, 15) is 13.2 Å². The van der Waals surface area contributed by atoms with Crippen LogP contribution in [0, 0.1) is 17.8 Å². The Morgan fingerprint density at radius 2 is 1.88 bits per heavy atom. The quantitative estimate of drug-likeness (QED) is 0.726. The van der Waals surface area contributed by atoms with Gasteiger partial charge in [-0.05, 0) is 61.8 Å². The van der Waals surface area contributed by atoms with Crippen LogP contribution < -0.4 is 15.8 Å². The molecule has 2 fully saturated rings. The minimum Gasteiger partial charge on any atom is -0.327 e. The highest BCUT2D eigenvalue weighted by molar-refractivity contribution is 7.89. The van der Waals surface area contributed by atoms with E-state index in [4.69, 9.17) is 5.73 Å². The van der Waals surface area contributed by atoms with Crippen molar-refractivity contribution in [3.05, 3.63) is 24.3 Å². The molecule has 2 aliphatic rings.